The first-order valence-corrected chi connectivity index (χ1v) is 6.40. The van der Waals surface area contributed by atoms with Gasteiger partial charge < -0.3 is 5.32 Å². The fourth-order valence-electron chi connectivity index (χ4n) is 1.35. The number of hydrogen-bond donors (Lipinski definition) is 1. The van der Waals surface area contributed by atoms with Crippen LogP contribution in [0.1, 0.15) is 5.56 Å². The average Bonchev–Trinajstić information content (AvgIpc) is 2.28. The van der Waals surface area contributed by atoms with E-state index in [0.29, 0.717) is 0 Å². The van der Waals surface area contributed by atoms with Gasteiger partial charge in [-0.25, -0.2) is 4.98 Å². The molecule has 0 saturated carbocycles. The van der Waals surface area contributed by atoms with Crippen molar-refractivity contribution in [3.63, 3.8) is 0 Å². The van der Waals surface area contributed by atoms with Gasteiger partial charge in [-0.2, -0.15) is 0 Å². The summed E-state index contributed by atoms with van der Waals surface area (Å²) >= 11 is 7.01. The molecule has 2 rings (SSSR count). The number of anilines is 2. The van der Waals surface area contributed by atoms with Crippen molar-refractivity contribution in [2.45, 2.75) is 6.92 Å². The zero-order valence-corrected chi connectivity index (χ0v) is 11.8. The number of aryl methyl sites for hydroxylation is 1. The van der Waals surface area contributed by atoms with Gasteiger partial charge in [-0.3, -0.25) is 0 Å². The van der Waals surface area contributed by atoms with Crippen LogP contribution < -0.4 is 5.32 Å². The summed E-state index contributed by atoms with van der Waals surface area (Å²) < 4.78 is 2.01. The van der Waals surface area contributed by atoms with Crippen LogP contribution in [0, 0.1) is 6.92 Å². The van der Waals surface area contributed by atoms with Crippen LogP contribution in [0.4, 0.5) is 11.5 Å². The maximum atomic E-state index is 4.27. The lowest BCUT2D eigenvalue weighted by molar-refractivity contribution is 1.28. The highest BCUT2D eigenvalue weighted by Gasteiger charge is 2.05. The number of hydrogen-bond acceptors (Lipinski definition) is 2. The van der Waals surface area contributed by atoms with Gasteiger partial charge in [0.2, 0.25) is 0 Å². The zero-order valence-electron chi connectivity index (χ0n) is 8.67. The molecular formula is C12H10Br2N2. The lowest BCUT2D eigenvalue weighted by atomic mass is 10.2. The van der Waals surface area contributed by atoms with Crippen molar-refractivity contribution in [2.75, 3.05) is 5.32 Å². The largest absolute Gasteiger partial charge is 0.338 e. The molecule has 82 valence electrons. The van der Waals surface area contributed by atoms with E-state index in [1.165, 1.54) is 5.56 Å². The molecule has 1 heterocycles. The van der Waals surface area contributed by atoms with Crippen molar-refractivity contribution >= 4 is 43.4 Å². The lowest BCUT2D eigenvalue weighted by Crippen LogP contribution is -1.95. The molecular weight excluding hydrogens is 332 g/mol. The first kappa shape index (κ1) is 11.6. The summed E-state index contributed by atoms with van der Waals surface area (Å²) in [6, 6.07) is 9.93. The van der Waals surface area contributed by atoms with Gasteiger partial charge in [0.15, 0.2) is 0 Å². The minimum absolute atomic E-state index is 0.814. The Hall–Kier alpha value is -0.870. The van der Waals surface area contributed by atoms with E-state index in [-0.39, 0.29) is 0 Å². The molecule has 0 aliphatic carbocycles. The Morgan fingerprint density at radius 2 is 1.94 bits per heavy atom. The molecule has 0 radical (unpaired) electrons. The summed E-state index contributed by atoms with van der Waals surface area (Å²) in [4.78, 5) is 4.27. The minimum Gasteiger partial charge on any atom is -0.338 e. The minimum atomic E-state index is 0.814. The van der Waals surface area contributed by atoms with E-state index in [0.717, 1.165) is 20.5 Å². The maximum absolute atomic E-state index is 4.27. The van der Waals surface area contributed by atoms with Gasteiger partial charge in [-0.1, -0.05) is 12.1 Å². The molecule has 1 aromatic carbocycles. The fraction of sp³-hybridized carbons (Fsp3) is 0.0833. The summed E-state index contributed by atoms with van der Waals surface area (Å²) in [5, 5.41) is 3.28. The smallest absolute Gasteiger partial charge is 0.144 e. The molecule has 1 aromatic heterocycles. The molecule has 0 aliphatic rings. The summed E-state index contributed by atoms with van der Waals surface area (Å²) in [5.41, 5.74) is 2.21. The van der Waals surface area contributed by atoms with Crippen molar-refractivity contribution in [1.29, 1.82) is 0 Å². The van der Waals surface area contributed by atoms with Gasteiger partial charge in [0.1, 0.15) is 5.82 Å². The Balaban J connectivity index is 2.35. The van der Waals surface area contributed by atoms with E-state index in [9.17, 15) is 0 Å². The molecule has 0 fully saturated rings. The summed E-state index contributed by atoms with van der Waals surface area (Å²) in [6.07, 6.45) is 1.76. The maximum Gasteiger partial charge on any atom is 0.144 e. The topological polar surface area (TPSA) is 24.9 Å². The Morgan fingerprint density at radius 1 is 1.12 bits per heavy atom. The standard InChI is InChI=1S/C12H10Br2N2/c1-8-4-2-6-10(11(8)14)16-12-9(13)5-3-7-15-12/h2-7H,1H3,(H,15,16). The van der Waals surface area contributed by atoms with Gasteiger partial charge in [0.05, 0.1) is 10.2 Å². The highest BCUT2D eigenvalue weighted by molar-refractivity contribution is 9.11. The van der Waals surface area contributed by atoms with Crippen molar-refractivity contribution < 1.29 is 0 Å². The Kier molecular flexibility index (Phi) is 3.61. The molecule has 0 aliphatic heterocycles. The van der Waals surface area contributed by atoms with Crippen LogP contribution in [0.15, 0.2) is 45.5 Å². The quantitative estimate of drug-likeness (QED) is 0.859. The van der Waals surface area contributed by atoms with E-state index >= 15 is 0 Å². The zero-order chi connectivity index (χ0) is 11.5. The second-order valence-electron chi connectivity index (χ2n) is 3.40. The second kappa shape index (κ2) is 4.97. The van der Waals surface area contributed by atoms with Gasteiger partial charge in [0, 0.05) is 10.7 Å². The highest BCUT2D eigenvalue weighted by atomic mass is 79.9. The van der Waals surface area contributed by atoms with Gasteiger partial charge >= 0.3 is 0 Å². The third kappa shape index (κ3) is 2.44. The van der Waals surface area contributed by atoms with Crippen LogP contribution in [0.25, 0.3) is 0 Å². The van der Waals surface area contributed by atoms with Crippen LogP contribution in [-0.2, 0) is 0 Å². The van der Waals surface area contributed by atoms with Gasteiger partial charge in [-0.15, -0.1) is 0 Å². The third-order valence-electron chi connectivity index (χ3n) is 2.20. The monoisotopic (exact) mass is 340 g/mol. The summed E-state index contributed by atoms with van der Waals surface area (Å²) in [7, 11) is 0. The Bertz CT molecular complexity index is 512. The number of rotatable bonds is 2. The van der Waals surface area contributed by atoms with E-state index < -0.39 is 0 Å². The van der Waals surface area contributed by atoms with Crippen LogP contribution in [0.3, 0.4) is 0 Å². The van der Waals surface area contributed by atoms with Crippen molar-refractivity contribution in [2.24, 2.45) is 0 Å². The predicted octanol–water partition coefficient (Wildman–Crippen LogP) is 4.66. The molecule has 0 bridgehead atoms. The van der Waals surface area contributed by atoms with E-state index in [4.69, 9.17) is 0 Å². The Morgan fingerprint density at radius 3 is 2.69 bits per heavy atom. The third-order valence-corrected chi connectivity index (χ3v) is 3.90. The number of nitrogens with one attached hydrogen (secondary N) is 1. The molecule has 0 spiro atoms. The molecule has 0 atom stereocenters. The fourth-order valence-corrected chi connectivity index (χ4v) is 2.07. The van der Waals surface area contributed by atoms with E-state index in [1.807, 2.05) is 24.3 Å². The van der Waals surface area contributed by atoms with Gasteiger partial charge in [-0.05, 0) is 62.5 Å². The molecule has 0 unspecified atom stereocenters. The number of nitrogens with zero attached hydrogens (tertiary/aromatic N) is 1. The van der Waals surface area contributed by atoms with E-state index in [1.54, 1.807) is 6.20 Å². The van der Waals surface area contributed by atoms with Crippen LogP contribution >= 0.6 is 31.9 Å². The van der Waals surface area contributed by atoms with Crippen LogP contribution in [0.2, 0.25) is 0 Å². The van der Waals surface area contributed by atoms with Crippen molar-refractivity contribution in [3.8, 4) is 0 Å². The number of aromatic nitrogens is 1. The van der Waals surface area contributed by atoms with Crippen molar-refractivity contribution in [1.82, 2.24) is 4.98 Å². The lowest BCUT2D eigenvalue weighted by Gasteiger charge is -2.10. The molecule has 2 nitrogen and oxygen atoms in total. The predicted molar refractivity (Wildman–Crippen MR) is 74.1 cm³/mol. The SMILES string of the molecule is Cc1cccc(Nc2ncccc2Br)c1Br. The summed E-state index contributed by atoms with van der Waals surface area (Å²) in [5.74, 6) is 0.814. The highest BCUT2D eigenvalue weighted by Crippen LogP contribution is 2.30. The number of pyridine rings is 1. The van der Waals surface area contributed by atoms with Gasteiger partial charge in [0.25, 0.3) is 0 Å². The molecule has 0 saturated heterocycles. The molecule has 16 heavy (non-hydrogen) atoms. The Labute approximate surface area is 111 Å². The number of halogens is 2. The molecule has 1 N–H and O–H groups in total. The van der Waals surface area contributed by atoms with Crippen LogP contribution in [-0.4, -0.2) is 4.98 Å². The van der Waals surface area contributed by atoms with E-state index in [2.05, 4.69) is 55.2 Å². The van der Waals surface area contributed by atoms with Crippen LogP contribution in [0.5, 0.6) is 0 Å². The second-order valence-corrected chi connectivity index (χ2v) is 5.04. The molecule has 4 heteroatoms. The molecule has 0 amide bonds. The number of benzene rings is 1. The molecule has 2 aromatic rings. The summed E-state index contributed by atoms with van der Waals surface area (Å²) in [6.45, 7) is 2.06. The first-order chi connectivity index (χ1) is 7.68. The normalized spacial score (nSPS) is 10.2. The first-order valence-electron chi connectivity index (χ1n) is 4.81. The average molecular weight is 342 g/mol. The van der Waals surface area contributed by atoms with Crippen molar-refractivity contribution in [3.05, 3.63) is 51.0 Å².